The highest BCUT2D eigenvalue weighted by molar-refractivity contribution is 7.89. The van der Waals surface area contributed by atoms with Crippen LogP contribution in [0.25, 0.3) is 0 Å². The average Bonchev–Trinajstić information content (AvgIpc) is 3.08. The normalized spacial score (nSPS) is 12.8. The fourth-order valence-electron chi connectivity index (χ4n) is 2.68. The number of nitrogens with one attached hydrogen (secondary N) is 1. The molecule has 2 rings (SSSR count). The van der Waals surface area contributed by atoms with Crippen LogP contribution in [0.2, 0.25) is 0 Å². The van der Waals surface area contributed by atoms with E-state index in [9.17, 15) is 18.0 Å². The summed E-state index contributed by atoms with van der Waals surface area (Å²) in [6.07, 6.45) is 0. The number of carbonyl (C=O) groups excluding carboxylic acids is 1. The van der Waals surface area contributed by atoms with Crippen molar-refractivity contribution in [1.82, 2.24) is 14.8 Å². The van der Waals surface area contributed by atoms with Crippen molar-refractivity contribution in [2.75, 3.05) is 7.05 Å². The quantitative estimate of drug-likeness (QED) is 0.707. The Labute approximate surface area is 156 Å². The first-order valence-corrected chi connectivity index (χ1v) is 9.45. The van der Waals surface area contributed by atoms with E-state index >= 15 is 0 Å². The molecule has 0 radical (unpaired) electrons. The van der Waals surface area contributed by atoms with Crippen molar-refractivity contribution in [1.29, 1.82) is 0 Å². The zero-order valence-electron chi connectivity index (χ0n) is 15.6. The largest absolute Gasteiger partial charge is 0.478 e. The lowest BCUT2D eigenvalue weighted by Gasteiger charge is -2.21. The second-order valence-electron chi connectivity index (χ2n) is 6.18. The maximum atomic E-state index is 12.5. The number of rotatable bonds is 7. The molecular formula is C16H21N3O7S. The van der Waals surface area contributed by atoms with Gasteiger partial charge < -0.3 is 18.9 Å². The summed E-state index contributed by atoms with van der Waals surface area (Å²) in [4.78, 5) is 24.7. The van der Waals surface area contributed by atoms with Crippen LogP contribution in [0.5, 0.6) is 0 Å². The van der Waals surface area contributed by atoms with Gasteiger partial charge >= 0.3 is 5.97 Å². The van der Waals surface area contributed by atoms with E-state index in [1.807, 2.05) is 0 Å². The summed E-state index contributed by atoms with van der Waals surface area (Å²) in [5.41, 5.74) is 0.207. The summed E-state index contributed by atoms with van der Waals surface area (Å²) in [7, 11) is -2.54. The van der Waals surface area contributed by atoms with E-state index in [1.54, 1.807) is 0 Å². The molecule has 2 heterocycles. The lowest BCUT2D eigenvalue weighted by atomic mass is 10.2. The smallest absolute Gasteiger partial charge is 0.339 e. The maximum Gasteiger partial charge on any atom is 0.339 e. The number of hydrogen-bond acceptors (Lipinski definition) is 7. The monoisotopic (exact) mass is 399 g/mol. The minimum atomic E-state index is -4.00. The minimum Gasteiger partial charge on any atom is -0.478 e. The van der Waals surface area contributed by atoms with Gasteiger partial charge in [0.05, 0.1) is 12.6 Å². The lowest BCUT2D eigenvalue weighted by Crippen LogP contribution is -2.45. The van der Waals surface area contributed by atoms with Crippen LogP contribution in [-0.2, 0) is 21.4 Å². The second kappa shape index (κ2) is 7.53. The average molecular weight is 399 g/mol. The molecule has 2 aromatic heterocycles. The molecule has 2 aromatic rings. The number of aryl methyl sites for hydroxylation is 3. The second-order valence-corrected chi connectivity index (χ2v) is 7.83. The van der Waals surface area contributed by atoms with Crippen LogP contribution in [0.1, 0.15) is 40.3 Å². The van der Waals surface area contributed by atoms with Crippen LogP contribution < -0.4 is 4.72 Å². The van der Waals surface area contributed by atoms with E-state index in [4.69, 9.17) is 14.0 Å². The Bertz CT molecular complexity index is 955. The van der Waals surface area contributed by atoms with E-state index in [0.717, 1.165) is 0 Å². The molecule has 0 spiro atoms. The third-order valence-electron chi connectivity index (χ3n) is 3.91. The molecule has 0 saturated carbocycles. The number of sulfonamides is 1. The van der Waals surface area contributed by atoms with Gasteiger partial charge in [0.25, 0.3) is 0 Å². The summed E-state index contributed by atoms with van der Waals surface area (Å²) >= 11 is 0. The third kappa shape index (κ3) is 4.37. The topological polar surface area (TPSA) is 143 Å². The van der Waals surface area contributed by atoms with Crippen LogP contribution in [-0.4, -0.2) is 48.5 Å². The highest BCUT2D eigenvalue weighted by atomic mass is 32.2. The molecule has 148 valence electrons. The molecule has 27 heavy (non-hydrogen) atoms. The molecule has 0 aliphatic carbocycles. The Morgan fingerprint density at radius 3 is 2.41 bits per heavy atom. The zero-order chi connectivity index (χ0) is 20.5. The van der Waals surface area contributed by atoms with Crippen molar-refractivity contribution >= 4 is 21.9 Å². The molecule has 1 amide bonds. The van der Waals surface area contributed by atoms with Crippen molar-refractivity contribution in [3.63, 3.8) is 0 Å². The number of nitrogens with zero attached hydrogens (tertiary/aromatic N) is 2. The fourth-order valence-corrected chi connectivity index (χ4v) is 4.20. The van der Waals surface area contributed by atoms with Crippen LogP contribution in [0.4, 0.5) is 0 Å². The van der Waals surface area contributed by atoms with Gasteiger partial charge in [0.1, 0.15) is 27.7 Å². The van der Waals surface area contributed by atoms with E-state index in [0.29, 0.717) is 0 Å². The van der Waals surface area contributed by atoms with E-state index in [-0.39, 0.29) is 40.0 Å². The number of aromatic carboxylic acids is 1. The molecular weight excluding hydrogens is 378 g/mol. The van der Waals surface area contributed by atoms with Crippen LogP contribution >= 0.6 is 0 Å². The van der Waals surface area contributed by atoms with Gasteiger partial charge in [0, 0.05) is 7.05 Å². The first-order valence-electron chi connectivity index (χ1n) is 7.96. The first-order chi connectivity index (χ1) is 12.4. The molecule has 0 aliphatic heterocycles. The molecule has 0 aromatic carbocycles. The number of hydrogen-bond donors (Lipinski definition) is 2. The third-order valence-corrected chi connectivity index (χ3v) is 5.69. The Morgan fingerprint density at radius 1 is 1.30 bits per heavy atom. The maximum absolute atomic E-state index is 12.5. The summed E-state index contributed by atoms with van der Waals surface area (Å²) in [5.74, 6) is -1.01. The molecule has 1 unspecified atom stereocenters. The van der Waals surface area contributed by atoms with Crippen molar-refractivity contribution < 1.29 is 32.1 Å². The molecule has 11 heteroatoms. The summed E-state index contributed by atoms with van der Waals surface area (Å²) < 4.78 is 37.5. The Balaban J connectivity index is 2.10. The molecule has 10 nitrogen and oxygen atoms in total. The highest BCUT2D eigenvalue weighted by Crippen LogP contribution is 2.20. The Hall–Kier alpha value is -2.66. The predicted octanol–water partition coefficient (Wildman–Crippen LogP) is 1.22. The summed E-state index contributed by atoms with van der Waals surface area (Å²) in [6, 6.07) is 0.267. The van der Waals surface area contributed by atoms with Crippen LogP contribution in [0.3, 0.4) is 0 Å². The number of carboxylic acids is 1. The SMILES string of the molecule is Cc1noc(C)c1S(=O)(=O)NC(C)C(=O)N(C)Cc1cc(C(=O)O)c(C)o1. The number of likely N-dealkylation sites (N-methyl/N-ethyl adjacent to an activating group) is 1. The van der Waals surface area contributed by atoms with E-state index < -0.39 is 27.9 Å². The first kappa shape index (κ1) is 20.6. The van der Waals surface area contributed by atoms with Crippen molar-refractivity contribution in [3.8, 4) is 0 Å². The molecule has 0 saturated heterocycles. The molecule has 0 bridgehead atoms. The molecule has 2 N–H and O–H groups in total. The molecule has 0 fully saturated rings. The van der Waals surface area contributed by atoms with Gasteiger partial charge in [-0.1, -0.05) is 5.16 Å². The van der Waals surface area contributed by atoms with Crippen molar-refractivity contribution in [3.05, 3.63) is 34.6 Å². The van der Waals surface area contributed by atoms with Gasteiger partial charge in [-0.2, -0.15) is 4.72 Å². The minimum absolute atomic E-state index is 0.00958. The van der Waals surface area contributed by atoms with Gasteiger partial charge in [-0.05, 0) is 33.8 Å². The summed E-state index contributed by atoms with van der Waals surface area (Å²) in [6.45, 7) is 5.86. The Morgan fingerprint density at radius 2 is 1.93 bits per heavy atom. The summed E-state index contributed by atoms with van der Waals surface area (Å²) in [5, 5.41) is 12.6. The van der Waals surface area contributed by atoms with E-state index in [1.165, 1.54) is 45.7 Å². The molecule has 1 atom stereocenters. The van der Waals surface area contributed by atoms with Gasteiger partial charge in [0.15, 0.2) is 5.76 Å². The highest BCUT2D eigenvalue weighted by Gasteiger charge is 2.29. The zero-order valence-corrected chi connectivity index (χ0v) is 16.4. The fraction of sp³-hybridized carbons (Fsp3) is 0.438. The van der Waals surface area contributed by atoms with Gasteiger partial charge in [-0.15, -0.1) is 0 Å². The molecule has 0 aliphatic rings. The Kier molecular flexibility index (Phi) is 5.76. The van der Waals surface area contributed by atoms with Gasteiger partial charge in [-0.3, -0.25) is 4.79 Å². The van der Waals surface area contributed by atoms with Gasteiger partial charge in [0.2, 0.25) is 15.9 Å². The van der Waals surface area contributed by atoms with E-state index in [2.05, 4.69) is 9.88 Å². The van der Waals surface area contributed by atoms with Crippen LogP contribution in [0.15, 0.2) is 19.9 Å². The lowest BCUT2D eigenvalue weighted by molar-refractivity contribution is -0.132. The van der Waals surface area contributed by atoms with Gasteiger partial charge in [-0.25, -0.2) is 13.2 Å². The van der Waals surface area contributed by atoms with Crippen molar-refractivity contribution in [2.45, 2.75) is 45.2 Å². The standard InChI is InChI=1S/C16H21N3O7S/c1-8-14(11(4)26-17-8)27(23,24)18-9(2)15(20)19(5)7-12-6-13(16(21)22)10(3)25-12/h6,9,18H,7H2,1-5H3,(H,21,22). The number of carbonyl (C=O) groups is 2. The van der Waals surface area contributed by atoms with Crippen LogP contribution in [0, 0.1) is 20.8 Å². The predicted molar refractivity (Wildman–Crippen MR) is 92.6 cm³/mol. The number of furan rings is 1. The van der Waals surface area contributed by atoms with Crippen molar-refractivity contribution in [2.24, 2.45) is 0 Å². The number of carboxylic acid groups (broad SMARTS) is 1. The number of amides is 1. The number of aromatic nitrogens is 1.